The summed E-state index contributed by atoms with van der Waals surface area (Å²) in [4.78, 5) is 119. The normalized spacial score (nSPS) is 13.4. The quantitative estimate of drug-likeness (QED) is 0.0305. The fourth-order valence-corrected chi connectivity index (χ4v) is 18.8. The minimum atomic E-state index is -3.75. The van der Waals surface area contributed by atoms with Crippen LogP contribution in [0.1, 0.15) is 131 Å². The lowest BCUT2D eigenvalue weighted by molar-refractivity contribution is 0.0134. The van der Waals surface area contributed by atoms with Gasteiger partial charge in [-0.15, -0.1) is 0 Å². The van der Waals surface area contributed by atoms with Gasteiger partial charge in [-0.25, -0.2) is 58.7 Å². The van der Waals surface area contributed by atoms with Crippen LogP contribution in [0.3, 0.4) is 0 Å². The van der Waals surface area contributed by atoms with Crippen molar-refractivity contribution in [2.75, 3.05) is 98.2 Å². The average Bonchev–Trinajstić information content (AvgIpc) is 1.63. The van der Waals surface area contributed by atoms with Crippen molar-refractivity contribution >= 4 is 69.7 Å². The van der Waals surface area contributed by atoms with E-state index in [1.165, 1.54) is 45.5 Å². The van der Waals surface area contributed by atoms with Crippen LogP contribution in [0.4, 0.5) is 9.59 Å². The number of carbonyl (C=O) groups excluding carboxylic acids is 5. The molecule has 35 heteroatoms. The van der Waals surface area contributed by atoms with Gasteiger partial charge in [0.15, 0.2) is 0 Å². The van der Waals surface area contributed by atoms with Gasteiger partial charge in [0, 0.05) is 139 Å². The number of halogens is 1. The summed E-state index contributed by atoms with van der Waals surface area (Å²) in [6.07, 6.45) is 0.304. The van der Waals surface area contributed by atoms with E-state index in [1.54, 1.807) is 118 Å². The Kier molecular flexibility index (Phi) is 38.4. The van der Waals surface area contributed by atoms with Crippen molar-refractivity contribution in [2.24, 2.45) is 5.73 Å². The number of nitrogens with two attached hydrogens (primary N) is 1. The van der Waals surface area contributed by atoms with E-state index in [-0.39, 0.29) is 137 Å². The largest absolute Gasteiger partial charge is 0.444 e. The van der Waals surface area contributed by atoms with Gasteiger partial charge in [0.2, 0.25) is 20.0 Å². The summed E-state index contributed by atoms with van der Waals surface area (Å²) in [6, 6.07) is 75.1. The third-order valence-corrected chi connectivity index (χ3v) is 26.8. The van der Waals surface area contributed by atoms with E-state index < -0.39 is 52.1 Å². The van der Waals surface area contributed by atoms with Gasteiger partial charge in [-0.1, -0.05) is 222 Å². The lowest BCUT2D eigenvalue weighted by atomic mass is 10.1. The molecule has 0 bridgehead atoms. The molecule has 9 aromatic carbocycles. The minimum absolute atomic E-state index is 0. The first kappa shape index (κ1) is 109. The van der Waals surface area contributed by atoms with Crippen molar-refractivity contribution in [3.63, 3.8) is 0 Å². The summed E-state index contributed by atoms with van der Waals surface area (Å²) in [5.74, 6) is -0.800. The number of sulfonamides is 2. The molecule has 3 fully saturated rings. The molecule has 736 valence electrons. The number of para-hydroxylation sites is 3. The highest BCUT2D eigenvalue weighted by molar-refractivity contribution is 8.13. The SMILES string of the molecule is C.C.C.Cc1ccccc1-n1c(-c2ccccc2)c(C(=O)N2CCN(C(=O)OC(C)(C)C)CC2)n(CCCN)c1=O.Cc1ccccc1-n1c(-c2ccccc2)c(C(=O)N2CCN(C(=O)OC(C)(C)C)CC2)n(CCCNS(=O)(=O)c2ccccc2)c1=O.Cc1ccccc1-n1c(-c2ccccc2)c(C(=O)N2CCNCC2)n(CCCNS(=O)(=O)c2ccccc2)c1=O.O=S(=O)(Cl)c1ccccc1. The maximum Gasteiger partial charge on any atom is 0.410 e. The Morgan fingerprint density at radius 2 is 0.601 bits per heavy atom. The second-order valence-electron chi connectivity index (χ2n) is 34.4. The number of nitrogens with zero attached hydrogens (tertiary/aromatic N) is 11. The molecule has 0 atom stereocenters. The van der Waals surface area contributed by atoms with Gasteiger partial charge >= 0.3 is 29.3 Å². The average molecular weight is 1960 g/mol. The van der Waals surface area contributed by atoms with Crippen molar-refractivity contribution in [1.29, 1.82) is 0 Å². The van der Waals surface area contributed by atoms with Crippen LogP contribution in [0.2, 0.25) is 0 Å². The molecule has 6 heterocycles. The smallest absolute Gasteiger partial charge is 0.410 e. The highest BCUT2D eigenvalue weighted by Crippen LogP contribution is 2.34. The van der Waals surface area contributed by atoms with Gasteiger partial charge in [0.1, 0.15) is 28.3 Å². The molecule has 31 nitrogen and oxygen atoms in total. The molecule has 5 amide bonds. The number of imidazole rings is 3. The van der Waals surface area contributed by atoms with Gasteiger partial charge < -0.3 is 45.0 Å². The van der Waals surface area contributed by atoms with Gasteiger partial charge in [-0.3, -0.25) is 41.8 Å². The van der Waals surface area contributed by atoms with Gasteiger partial charge in [-0.05, 0) is 159 Å². The number of aromatic nitrogens is 6. The molecule has 5 N–H and O–H groups in total. The topological polar surface area (TPSA) is 365 Å². The summed E-state index contributed by atoms with van der Waals surface area (Å²) in [6.45, 7) is 22.7. The Balaban J connectivity index is 0.000000219. The second-order valence-corrected chi connectivity index (χ2v) is 40.5. The lowest BCUT2D eigenvalue weighted by Crippen LogP contribution is -2.52. The number of amides is 5. The molecule has 0 saturated carbocycles. The predicted octanol–water partition coefficient (Wildman–Crippen LogP) is 14.9. The zero-order valence-corrected chi connectivity index (χ0v) is 80.4. The van der Waals surface area contributed by atoms with E-state index in [9.17, 15) is 63.6 Å². The maximum atomic E-state index is 14.5. The summed E-state index contributed by atoms with van der Waals surface area (Å²) in [7, 11) is -5.93. The van der Waals surface area contributed by atoms with Gasteiger partial charge in [-0.2, -0.15) is 0 Å². The number of aryl methyl sites for hydroxylation is 3. The van der Waals surface area contributed by atoms with Crippen molar-refractivity contribution in [1.82, 2.24) is 66.7 Å². The van der Waals surface area contributed by atoms with E-state index >= 15 is 0 Å². The first-order valence-electron chi connectivity index (χ1n) is 44.7. The number of ether oxygens (including phenoxy) is 2. The van der Waals surface area contributed by atoms with E-state index in [0.717, 1.165) is 33.5 Å². The predicted molar refractivity (Wildman–Crippen MR) is 543 cm³/mol. The van der Waals surface area contributed by atoms with Crippen molar-refractivity contribution in [2.45, 2.75) is 149 Å². The first-order valence-corrected chi connectivity index (χ1v) is 50.0. The van der Waals surface area contributed by atoms with Crippen LogP contribution in [0.15, 0.2) is 284 Å². The maximum absolute atomic E-state index is 14.5. The van der Waals surface area contributed by atoms with Crippen LogP contribution in [0.25, 0.3) is 50.8 Å². The Bertz CT molecular complexity index is 6680. The van der Waals surface area contributed by atoms with Gasteiger partial charge in [0.05, 0.1) is 48.8 Å². The van der Waals surface area contributed by atoms with Crippen LogP contribution in [-0.4, -0.2) is 216 Å². The highest BCUT2D eigenvalue weighted by Gasteiger charge is 2.38. The van der Waals surface area contributed by atoms with Crippen LogP contribution < -0.4 is 37.6 Å². The molecule has 0 aliphatic carbocycles. The number of carbonyl (C=O) groups is 5. The van der Waals surface area contributed by atoms with Crippen molar-refractivity contribution in [3.05, 3.63) is 320 Å². The molecule has 0 unspecified atom stereocenters. The third kappa shape index (κ3) is 27.1. The van der Waals surface area contributed by atoms with Crippen LogP contribution >= 0.6 is 10.7 Å². The molecule has 3 saturated heterocycles. The number of hydrogen-bond acceptors (Lipinski definition) is 18. The van der Waals surface area contributed by atoms with Crippen LogP contribution in [-0.2, 0) is 58.2 Å². The molecule has 138 heavy (non-hydrogen) atoms. The van der Waals surface area contributed by atoms with Crippen molar-refractivity contribution < 1.29 is 58.7 Å². The molecule has 0 spiro atoms. The molecule has 3 aromatic heterocycles. The Morgan fingerprint density at radius 1 is 0.355 bits per heavy atom. The Morgan fingerprint density at radius 3 is 0.862 bits per heavy atom. The van der Waals surface area contributed by atoms with Crippen molar-refractivity contribution in [3.8, 4) is 50.8 Å². The van der Waals surface area contributed by atoms with Crippen LogP contribution in [0, 0.1) is 20.8 Å². The third-order valence-electron chi connectivity index (χ3n) is 22.5. The second kappa shape index (κ2) is 48.8. The van der Waals surface area contributed by atoms with E-state index in [4.69, 9.17) is 25.9 Å². The monoisotopic (exact) mass is 1960 g/mol. The Labute approximate surface area is 813 Å². The summed E-state index contributed by atoms with van der Waals surface area (Å²) >= 11 is 0. The minimum Gasteiger partial charge on any atom is -0.444 e. The number of nitrogens with one attached hydrogen (secondary N) is 3. The lowest BCUT2D eigenvalue weighted by Gasteiger charge is -2.35. The number of benzene rings is 9. The standard InChI is InChI=1S/C35H41N5O6S.C30H33N5O4S.C29H37N5O4.C6H5ClO2S.3CH4/c1-26-14-11-12-19-29(26)40-30(27-15-7-5-8-16-27)31(32(41)37-22-24-38(25-23-37)34(43)46-35(2,3)4)39(33(40)42)21-13-20-36-47(44,45)28-17-9-6-10-18-28;1-23-11-8-9-16-26(23)35-27(24-12-4-2-5-13-24)28(29(36)33-21-18-31-19-22-33)34(30(35)37)20-10-17-32-40(38,39)25-14-6-3-7-15-25;1-21-11-8-9-14-23(21)34-24(22-12-6-5-7-13-22)25(33(27(34)36)16-10-15-30)26(35)31-17-19-32(20-18-31)28(37)38-29(2,3)4;7-10(8,9)6-4-2-1-3-5-6;;;/h5-12,14-19,36H,13,20-25H2,1-4H3;2-9,11-16,31-32H,10,17-22H2,1H3;5-9,11-14H,10,15-20,30H2,1-4H3;1-5H;3*1H4. The summed E-state index contributed by atoms with van der Waals surface area (Å²) in [5.41, 5.74) is 12.9. The van der Waals surface area contributed by atoms with E-state index in [0.29, 0.717) is 124 Å². The molecule has 15 rings (SSSR count). The highest BCUT2D eigenvalue weighted by atomic mass is 35.7. The molecular weight excluding hydrogens is 1830 g/mol. The fourth-order valence-electron chi connectivity index (χ4n) is 15.8. The molecule has 3 aliphatic heterocycles. The van der Waals surface area contributed by atoms with E-state index in [1.807, 2.05) is 205 Å². The van der Waals surface area contributed by atoms with Gasteiger partial charge in [0.25, 0.3) is 26.8 Å². The zero-order valence-electron chi connectivity index (χ0n) is 77.2. The summed E-state index contributed by atoms with van der Waals surface area (Å²) in [5, 5.41) is 3.27. The first-order chi connectivity index (χ1) is 64.5. The molecular formula is C103H128ClN15O16S3. The number of piperazine rings is 3. The zero-order chi connectivity index (χ0) is 96.9. The molecule has 12 aromatic rings. The molecule has 0 radical (unpaired) electrons. The number of rotatable bonds is 25. The fraction of sp³-hybridized carbons (Fsp3) is 0.340. The Hall–Kier alpha value is -13.1. The molecule has 3 aliphatic rings. The summed E-state index contributed by atoms with van der Waals surface area (Å²) < 4.78 is 97.9. The van der Waals surface area contributed by atoms with Crippen LogP contribution in [0.5, 0.6) is 0 Å². The van der Waals surface area contributed by atoms with E-state index in [2.05, 4.69) is 14.8 Å². The number of hydrogen-bond donors (Lipinski definition) is 4.